The molecule has 16 heavy (non-hydrogen) atoms. The predicted octanol–water partition coefficient (Wildman–Crippen LogP) is 2.61. The average Bonchev–Trinajstić information content (AvgIpc) is 2.27. The summed E-state index contributed by atoms with van der Waals surface area (Å²) in [6, 6.07) is 7.89. The summed E-state index contributed by atoms with van der Waals surface area (Å²) in [5.74, 6) is -0.271. The summed E-state index contributed by atoms with van der Waals surface area (Å²) in [7, 11) is 1.65. The maximum absolute atomic E-state index is 12.8. The van der Waals surface area contributed by atoms with Crippen molar-refractivity contribution in [2.45, 2.75) is 13.0 Å². The van der Waals surface area contributed by atoms with Gasteiger partial charge >= 0.3 is 0 Å². The average molecular weight is 246 g/mol. The zero-order valence-corrected chi connectivity index (χ0v) is 10.1. The van der Waals surface area contributed by atoms with E-state index in [4.69, 9.17) is 10.5 Å². The predicted molar refractivity (Wildman–Crippen MR) is 66.4 cm³/mol. The first kappa shape index (κ1) is 15.1. The van der Waals surface area contributed by atoms with Gasteiger partial charge in [0.15, 0.2) is 0 Å². The number of ether oxygens (including phenoxy) is 1. The van der Waals surface area contributed by atoms with Crippen molar-refractivity contribution in [1.29, 1.82) is 0 Å². The van der Waals surface area contributed by atoms with Crippen LogP contribution in [0.2, 0.25) is 0 Å². The molecule has 0 spiro atoms. The Morgan fingerprint density at radius 3 is 2.75 bits per heavy atom. The molecule has 0 saturated carbocycles. The quantitative estimate of drug-likeness (QED) is 0.866. The molecule has 0 unspecified atom stereocenters. The fourth-order valence-corrected chi connectivity index (χ4v) is 1.33. The van der Waals surface area contributed by atoms with Crippen LogP contribution in [0.15, 0.2) is 36.2 Å². The van der Waals surface area contributed by atoms with Gasteiger partial charge in [-0.25, -0.2) is 4.39 Å². The molecule has 0 aliphatic rings. The number of halogens is 2. The second kappa shape index (κ2) is 8.28. The Kier molecular flexibility index (Phi) is 7.81. The van der Waals surface area contributed by atoms with Gasteiger partial charge < -0.3 is 10.5 Å². The van der Waals surface area contributed by atoms with E-state index in [2.05, 4.69) is 0 Å². The van der Waals surface area contributed by atoms with Crippen LogP contribution in [0, 0.1) is 0 Å². The monoisotopic (exact) mass is 245 g/mol. The van der Waals surface area contributed by atoms with Crippen molar-refractivity contribution < 1.29 is 9.13 Å². The molecule has 0 heterocycles. The van der Waals surface area contributed by atoms with Crippen LogP contribution in [0.25, 0.3) is 0 Å². The Morgan fingerprint density at radius 2 is 2.12 bits per heavy atom. The van der Waals surface area contributed by atoms with Crippen molar-refractivity contribution in [3.8, 4) is 0 Å². The van der Waals surface area contributed by atoms with Gasteiger partial charge in [-0.15, -0.1) is 12.4 Å². The van der Waals surface area contributed by atoms with Gasteiger partial charge in [0, 0.05) is 13.7 Å². The van der Waals surface area contributed by atoms with Gasteiger partial charge in [-0.3, -0.25) is 0 Å². The molecule has 0 fully saturated rings. The molecule has 2 nitrogen and oxygen atoms in total. The van der Waals surface area contributed by atoms with Crippen LogP contribution in [-0.2, 0) is 17.8 Å². The van der Waals surface area contributed by atoms with E-state index in [1.807, 2.05) is 24.3 Å². The molecule has 0 aliphatic heterocycles. The largest absolute Gasteiger partial charge is 0.380 e. The van der Waals surface area contributed by atoms with Crippen LogP contribution in [0.4, 0.5) is 4.39 Å². The molecule has 1 aromatic rings. The molecule has 0 atom stereocenters. The maximum atomic E-state index is 12.8. The highest BCUT2D eigenvalue weighted by atomic mass is 35.5. The first-order valence-electron chi connectivity index (χ1n) is 4.87. The van der Waals surface area contributed by atoms with Crippen molar-refractivity contribution in [3.63, 3.8) is 0 Å². The zero-order valence-electron chi connectivity index (χ0n) is 9.28. The topological polar surface area (TPSA) is 35.2 Å². The third-order valence-corrected chi connectivity index (χ3v) is 2.06. The number of benzene rings is 1. The molecule has 0 aromatic heterocycles. The fourth-order valence-electron chi connectivity index (χ4n) is 1.33. The molecular formula is C12H17ClFNO. The van der Waals surface area contributed by atoms with Crippen molar-refractivity contribution in [2.75, 3.05) is 13.7 Å². The highest BCUT2D eigenvalue weighted by Gasteiger charge is 1.95. The third kappa shape index (κ3) is 5.26. The summed E-state index contributed by atoms with van der Waals surface area (Å²) in [6.45, 7) is 0.550. The number of nitrogens with two attached hydrogens (primary N) is 1. The van der Waals surface area contributed by atoms with E-state index in [9.17, 15) is 4.39 Å². The van der Waals surface area contributed by atoms with Crippen LogP contribution in [0.5, 0.6) is 0 Å². The van der Waals surface area contributed by atoms with Crippen LogP contribution in [0.3, 0.4) is 0 Å². The standard InChI is InChI=1S/C12H16FNO.ClH/c1-15-9-11-4-2-3-10(7-11)5-6-12(13)8-14;/h2-4,6-7H,5,8-9,14H2,1H3;1H/b12-6+;. The molecule has 0 bridgehead atoms. The lowest BCUT2D eigenvalue weighted by molar-refractivity contribution is 0.185. The molecular weight excluding hydrogens is 229 g/mol. The zero-order chi connectivity index (χ0) is 11.1. The molecule has 0 amide bonds. The minimum atomic E-state index is -0.271. The Labute approximate surface area is 102 Å². The molecule has 1 aromatic carbocycles. The summed E-state index contributed by atoms with van der Waals surface area (Å²) in [5.41, 5.74) is 7.31. The minimum absolute atomic E-state index is 0. The van der Waals surface area contributed by atoms with Gasteiger partial charge in [0.05, 0.1) is 6.61 Å². The van der Waals surface area contributed by atoms with Crippen LogP contribution in [-0.4, -0.2) is 13.7 Å². The summed E-state index contributed by atoms with van der Waals surface area (Å²) in [4.78, 5) is 0. The van der Waals surface area contributed by atoms with E-state index < -0.39 is 0 Å². The van der Waals surface area contributed by atoms with Gasteiger partial charge in [0.2, 0.25) is 0 Å². The number of allylic oxidation sites excluding steroid dienone is 1. The van der Waals surface area contributed by atoms with Gasteiger partial charge in [-0.2, -0.15) is 0 Å². The Hall–Kier alpha value is -0.900. The van der Waals surface area contributed by atoms with E-state index in [0.29, 0.717) is 13.0 Å². The summed E-state index contributed by atoms with van der Waals surface area (Å²) in [5, 5.41) is 0. The maximum Gasteiger partial charge on any atom is 0.110 e. The first-order chi connectivity index (χ1) is 7.26. The van der Waals surface area contributed by atoms with E-state index in [1.165, 1.54) is 6.08 Å². The van der Waals surface area contributed by atoms with E-state index in [-0.39, 0.29) is 24.8 Å². The van der Waals surface area contributed by atoms with E-state index in [1.54, 1.807) is 7.11 Å². The second-order valence-electron chi connectivity index (χ2n) is 3.31. The van der Waals surface area contributed by atoms with Crippen molar-refractivity contribution >= 4 is 12.4 Å². The Balaban J connectivity index is 0.00000225. The van der Waals surface area contributed by atoms with Gasteiger partial charge in [0.1, 0.15) is 5.83 Å². The highest BCUT2D eigenvalue weighted by molar-refractivity contribution is 5.85. The number of methoxy groups -OCH3 is 1. The lowest BCUT2D eigenvalue weighted by Gasteiger charge is -2.02. The molecule has 0 radical (unpaired) electrons. The molecule has 0 aliphatic carbocycles. The van der Waals surface area contributed by atoms with Gasteiger partial charge in [-0.05, 0) is 23.6 Å². The Bertz CT molecular complexity index is 342. The molecule has 0 saturated heterocycles. The third-order valence-electron chi connectivity index (χ3n) is 2.06. The highest BCUT2D eigenvalue weighted by Crippen LogP contribution is 2.08. The molecule has 4 heteroatoms. The SMILES string of the molecule is COCc1cccc(C/C=C(/F)CN)c1.Cl. The van der Waals surface area contributed by atoms with Crippen molar-refractivity contribution in [3.05, 3.63) is 47.3 Å². The number of hydrogen-bond donors (Lipinski definition) is 1. The Morgan fingerprint density at radius 1 is 1.44 bits per heavy atom. The molecule has 1 rings (SSSR count). The summed E-state index contributed by atoms with van der Waals surface area (Å²) < 4.78 is 17.8. The lowest BCUT2D eigenvalue weighted by atomic mass is 10.1. The summed E-state index contributed by atoms with van der Waals surface area (Å²) >= 11 is 0. The minimum Gasteiger partial charge on any atom is -0.380 e. The van der Waals surface area contributed by atoms with Crippen molar-refractivity contribution in [1.82, 2.24) is 0 Å². The van der Waals surface area contributed by atoms with Gasteiger partial charge in [-0.1, -0.05) is 24.3 Å². The lowest BCUT2D eigenvalue weighted by Crippen LogP contribution is -1.99. The smallest absolute Gasteiger partial charge is 0.110 e. The van der Waals surface area contributed by atoms with Crippen LogP contribution in [0.1, 0.15) is 11.1 Å². The molecule has 90 valence electrons. The first-order valence-corrected chi connectivity index (χ1v) is 4.87. The number of rotatable bonds is 5. The van der Waals surface area contributed by atoms with Gasteiger partial charge in [0.25, 0.3) is 0 Å². The van der Waals surface area contributed by atoms with Crippen molar-refractivity contribution in [2.24, 2.45) is 5.73 Å². The van der Waals surface area contributed by atoms with E-state index >= 15 is 0 Å². The molecule has 2 N–H and O–H groups in total. The second-order valence-corrected chi connectivity index (χ2v) is 3.31. The van der Waals surface area contributed by atoms with E-state index in [0.717, 1.165) is 11.1 Å². The number of hydrogen-bond acceptors (Lipinski definition) is 2. The van der Waals surface area contributed by atoms with Crippen LogP contribution < -0.4 is 5.73 Å². The summed E-state index contributed by atoms with van der Waals surface area (Å²) in [6.07, 6.45) is 2.08. The fraction of sp³-hybridized carbons (Fsp3) is 0.333. The normalized spacial score (nSPS) is 11.1. The van der Waals surface area contributed by atoms with Crippen LogP contribution >= 0.6 is 12.4 Å².